The van der Waals surface area contributed by atoms with Crippen molar-refractivity contribution in [3.8, 4) is 0 Å². The Labute approximate surface area is 171 Å². The van der Waals surface area contributed by atoms with Crippen LogP contribution in [0.4, 0.5) is 0 Å². The van der Waals surface area contributed by atoms with E-state index in [4.69, 9.17) is 4.52 Å². The van der Waals surface area contributed by atoms with Gasteiger partial charge in [0.25, 0.3) is 5.91 Å². The second kappa shape index (κ2) is 8.62. The molecule has 1 fully saturated rings. The minimum Gasteiger partial charge on any atom is -0.340 e. The summed E-state index contributed by atoms with van der Waals surface area (Å²) in [6, 6.07) is 5.55. The number of sulfonamides is 1. The highest BCUT2D eigenvalue weighted by atomic mass is 32.2. The maximum atomic E-state index is 12.7. The molecule has 1 N–H and O–H groups in total. The van der Waals surface area contributed by atoms with Gasteiger partial charge in [0.15, 0.2) is 5.82 Å². The molecule has 1 heterocycles. The number of hydrogen-bond donors (Lipinski definition) is 1. The number of carbonyl (C=O) groups excluding carboxylic acids is 1. The fraction of sp³-hybridized carbons (Fsp3) is 0.550. The Morgan fingerprint density at radius 1 is 1.21 bits per heavy atom. The Balaban J connectivity index is 1.75. The number of hydrogen-bond acceptors (Lipinski definition) is 6. The maximum Gasteiger partial charge on any atom is 0.251 e. The van der Waals surface area contributed by atoms with E-state index in [1.807, 2.05) is 13.8 Å². The molecule has 1 aromatic heterocycles. The van der Waals surface area contributed by atoms with Crippen LogP contribution in [0.2, 0.25) is 0 Å². The monoisotopic (exact) mass is 420 g/mol. The summed E-state index contributed by atoms with van der Waals surface area (Å²) in [6.45, 7) is 8.30. The molecule has 9 heteroatoms. The van der Waals surface area contributed by atoms with Crippen LogP contribution in [0.5, 0.6) is 0 Å². The van der Waals surface area contributed by atoms with Gasteiger partial charge in [-0.3, -0.25) is 4.79 Å². The van der Waals surface area contributed by atoms with E-state index in [2.05, 4.69) is 15.5 Å². The van der Waals surface area contributed by atoms with Crippen LogP contribution in [-0.2, 0) is 10.0 Å². The number of carbonyl (C=O) groups is 1. The third-order valence-electron chi connectivity index (χ3n) is 5.08. The van der Waals surface area contributed by atoms with Crippen molar-refractivity contribution < 1.29 is 17.7 Å². The molecule has 8 nitrogen and oxygen atoms in total. The predicted octanol–water partition coefficient (Wildman–Crippen LogP) is 3.10. The van der Waals surface area contributed by atoms with Crippen LogP contribution in [-0.4, -0.2) is 41.9 Å². The van der Waals surface area contributed by atoms with Crippen molar-refractivity contribution >= 4 is 15.9 Å². The summed E-state index contributed by atoms with van der Waals surface area (Å²) in [7, 11) is -3.55. The summed E-state index contributed by atoms with van der Waals surface area (Å²) in [4.78, 5) is 17.4. The highest BCUT2D eigenvalue weighted by molar-refractivity contribution is 7.89. The lowest BCUT2D eigenvalue weighted by atomic mass is 10.0. The minimum absolute atomic E-state index is 0.0498. The second-order valence-electron chi connectivity index (χ2n) is 7.57. The molecule has 0 saturated heterocycles. The van der Waals surface area contributed by atoms with Crippen LogP contribution in [0, 0.1) is 5.92 Å². The van der Waals surface area contributed by atoms with Crippen molar-refractivity contribution in [3.63, 3.8) is 0 Å². The number of aromatic nitrogens is 2. The normalized spacial score (nSPS) is 15.7. The Kier molecular flexibility index (Phi) is 6.38. The maximum absolute atomic E-state index is 12.7. The lowest BCUT2D eigenvalue weighted by Gasteiger charge is -2.19. The molecule has 3 rings (SSSR count). The topological polar surface area (TPSA) is 105 Å². The minimum atomic E-state index is -3.55. The van der Waals surface area contributed by atoms with E-state index >= 15 is 0 Å². The summed E-state index contributed by atoms with van der Waals surface area (Å²) in [6.07, 6.45) is 2.14. The van der Waals surface area contributed by atoms with Gasteiger partial charge < -0.3 is 9.84 Å². The standard InChI is InChI=1S/C20H28N4O4S/c1-5-24(6-2)29(26,27)16-11-9-15(10-12-16)19(25)21-17(13(3)4)20-22-18(23-28-20)14-7-8-14/h9-14,17H,5-8H2,1-4H3,(H,21,25). The second-order valence-corrected chi connectivity index (χ2v) is 9.51. The van der Waals surface area contributed by atoms with Gasteiger partial charge in [-0.25, -0.2) is 8.42 Å². The van der Waals surface area contributed by atoms with Gasteiger partial charge in [0.1, 0.15) is 6.04 Å². The van der Waals surface area contributed by atoms with Gasteiger partial charge in [-0.1, -0.05) is 32.9 Å². The molecule has 1 atom stereocenters. The first kappa shape index (κ1) is 21.4. The van der Waals surface area contributed by atoms with E-state index in [1.165, 1.54) is 28.6 Å². The quantitative estimate of drug-likeness (QED) is 0.668. The zero-order chi connectivity index (χ0) is 21.2. The van der Waals surface area contributed by atoms with E-state index in [0.29, 0.717) is 36.3 Å². The Morgan fingerprint density at radius 3 is 2.34 bits per heavy atom. The lowest BCUT2D eigenvalue weighted by molar-refractivity contribution is 0.0914. The zero-order valence-electron chi connectivity index (χ0n) is 17.3. The third-order valence-corrected chi connectivity index (χ3v) is 7.14. The molecular weight excluding hydrogens is 392 g/mol. The van der Waals surface area contributed by atoms with Gasteiger partial charge in [0, 0.05) is 24.6 Å². The SMILES string of the molecule is CCN(CC)S(=O)(=O)c1ccc(C(=O)NC(c2nc(C3CC3)no2)C(C)C)cc1. The molecule has 1 amide bonds. The molecule has 29 heavy (non-hydrogen) atoms. The van der Waals surface area contributed by atoms with Crippen molar-refractivity contribution in [1.29, 1.82) is 0 Å². The smallest absolute Gasteiger partial charge is 0.251 e. The first-order chi connectivity index (χ1) is 13.8. The van der Waals surface area contributed by atoms with Gasteiger partial charge in [-0.2, -0.15) is 9.29 Å². The van der Waals surface area contributed by atoms with E-state index < -0.39 is 16.1 Å². The highest BCUT2D eigenvalue weighted by Gasteiger charge is 2.32. The fourth-order valence-corrected chi connectivity index (χ4v) is 4.57. The van der Waals surface area contributed by atoms with Gasteiger partial charge in [-0.05, 0) is 43.0 Å². The van der Waals surface area contributed by atoms with E-state index in [9.17, 15) is 13.2 Å². The summed E-state index contributed by atoms with van der Waals surface area (Å²) >= 11 is 0. The van der Waals surface area contributed by atoms with E-state index in [-0.39, 0.29) is 16.7 Å². The fourth-order valence-electron chi connectivity index (χ4n) is 3.11. The number of amides is 1. The van der Waals surface area contributed by atoms with Gasteiger partial charge in [-0.15, -0.1) is 0 Å². The molecule has 1 unspecified atom stereocenters. The van der Waals surface area contributed by atoms with E-state index in [1.54, 1.807) is 13.8 Å². The highest BCUT2D eigenvalue weighted by Crippen LogP contribution is 2.38. The molecule has 1 aliphatic carbocycles. The van der Waals surface area contributed by atoms with Crippen LogP contribution in [0.25, 0.3) is 0 Å². The number of benzene rings is 1. The Morgan fingerprint density at radius 2 is 1.83 bits per heavy atom. The summed E-state index contributed by atoms with van der Waals surface area (Å²) in [5, 5.41) is 6.95. The number of rotatable bonds is 9. The van der Waals surface area contributed by atoms with Crippen LogP contribution >= 0.6 is 0 Å². The average Bonchev–Trinajstić information content (AvgIpc) is 3.44. The summed E-state index contributed by atoms with van der Waals surface area (Å²) in [5.41, 5.74) is 0.371. The van der Waals surface area contributed by atoms with Crippen molar-refractivity contribution in [1.82, 2.24) is 19.8 Å². The van der Waals surface area contributed by atoms with Gasteiger partial charge >= 0.3 is 0 Å². The molecule has 0 bridgehead atoms. The molecule has 1 saturated carbocycles. The van der Waals surface area contributed by atoms with Crippen LogP contribution in [0.3, 0.4) is 0 Å². The van der Waals surface area contributed by atoms with E-state index in [0.717, 1.165) is 12.8 Å². The Bertz CT molecular complexity index is 945. The average molecular weight is 421 g/mol. The molecular formula is C20H28N4O4S. The van der Waals surface area contributed by atoms with Crippen molar-refractivity contribution in [2.45, 2.75) is 57.4 Å². The number of nitrogens with zero attached hydrogens (tertiary/aromatic N) is 3. The van der Waals surface area contributed by atoms with Crippen molar-refractivity contribution in [2.24, 2.45) is 5.92 Å². The summed E-state index contributed by atoms with van der Waals surface area (Å²) in [5.74, 6) is 1.20. The first-order valence-corrected chi connectivity index (χ1v) is 11.5. The van der Waals surface area contributed by atoms with Crippen LogP contribution in [0.15, 0.2) is 33.7 Å². The first-order valence-electron chi connectivity index (χ1n) is 10.0. The predicted molar refractivity (Wildman–Crippen MR) is 108 cm³/mol. The summed E-state index contributed by atoms with van der Waals surface area (Å²) < 4.78 is 31.9. The largest absolute Gasteiger partial charge is 0.340 e. The lowest BCUT2D eigenvalue weighted by Crippen LogP contribution is -2.32. The van der Waals surface area contributed by atoms with Crippen LogP contribution in [0.1, 0.15) is 74.6 Å². The van der Waals surface area contributed by atoms with Crippen molar-refractivity contribution in [3.05, 3.63) is 41.5 Å². The molecule has 158 valence electrons. The molecule has 0 aliphatic heterocycles. The zero-order valence-corrected chi connectivity index (χ0v) is 18.1. The van der Waals surface area contributed by atoms with Gasteiger partial charge in [0.2, 0.25) is 15.9 Å². The Hall–Kier alpha value is -2.26. The molecule has 0 spiro atoms. The van der Waals surface area contributed by atoms with Crippen molar-refractivity contribution in [2.75, 3.05) is 13.1 Å². The van der Waals surface area contributed by atoms with Gasteiger partial charge in [0.05, 0.1) is 4.90 Å². The third kappa shape index (κ3) is 4.67. The van der Waals surface area contributed by atoms with Crippen LogP contribution < -0.4 is 5.32 Å². The molecule has 1 aromatic carbocycles. The molecule has 0 radical (unpaired) electrons. The molecule has 1 aliphatic rings. The number of nitrogens with one attached hydrogen (secondary N) is 1. The molecule has 2 aromatic rings.